The molecule has 0 aromatic heterocycles. The second kappa shape index (κ2) is 7.61. The highest BCUT2D eigenvalue weighted by Crippen LogP contribution is 2.36. The molecule has 1 saturated carbocycles. The average molecular weight is 269 g/mol. The summed E-state index contributed by atoms with van der Waals surface area (Å²) in [5, 5.41) is 3.69. The lowest BCUT2D eigenvalue weighted by molar-refractivity contribution is -0.0714. The van der Waals surface area contributed by atoms with Crippen LogP contribution in [0.15, 0.2) is 0 Å². The first-order chi connectivity index (χ1) is 9.30. The van der Waals surface area contributed by atoms with Crippen molar-refractivity contribution in [2.45, 2.75) is 82.5 Å². The van der Waals surface area contributed by atoms with Crippen LogP contribution in [0.2, 0.25) is 0 Å². The molecular weight excluding hydrogens is 238 g/mol. The van der Waals surface area contributed by atoms with E-state index in [0.29, 0.717) is 12.1 Å². The Morgan fingerprint density at radius 1 is 1.26 bits per heavy atom. The van der Waals surface area contributed by atoms with Crippen LogP contribution in [0.1, 0.15) is 64.7 Å². The van der Waals surface area contributed by atoms with Crippen molar-refractivity contribution in [2.24, 2.45) is 0 Å². The van der Waals surface area contributed by atoms with Gasteiger partial charge < -0.3 is 14.8 Å². The minimum Gasteiger partial charge on any atom is -0.378 e. The maximum absolute atomic E-state index is 6.01. The lowest BCUT2D eigenvalue weighted by Crippen LogP contribution is -2.53. The van der Waals surface area contributed by atoms with Gasteiger partial charge in [0, 0.05) is 19.8 Å². The predicted octanol–water partition coefficient (Wildman–Crippen LogP) is 3.27. The second-order valence-corrected chi connectivity index (χ2v) is 6.15. The minimum absolute atomic E-state index is 0.0763. The summed E-state index contributed by atoms with van der Waals surface area (Å²) < 4.78 is 11.8. The Kier molecular flexibility index (Phi) is 6.11. The van der Waals surface area contributed by atoms with Gasteiger partial charge in [-0.1, -0.05) is 26.2 Å². The largest absolute Gasteiger partial charge is 0.378 e. The molecule has 112 valence electrons. The maximum atomic E-state index is 6.01. The van der Waals surface area contributed by atoms with Crippen molar-refractivity contribution < 1.29 is 9.47 Å². The number of methoxy groups -OCH3 is 1. The minimum atomic E-state index is 0.0763. The van der Waals surface area contributed by atoms with Gasteiger partial charge in [0.1, 0.15) is 0 Å². The molecule has 0 aromatic rings. The van der Waals surface area contributed by atoms with Gasteiger partial charge in [0.25, 0.3) is 0 Å². The summed E-state index contributed by atoms with van der Waals surface area (Å²) >= 11 is 0. The van der Waals surface area contributed by atoms with E-state index in [-0.39, 0.29) is 5.60 Å². The van der Waals surface area contributed by atoms with Gasteiger partial charge in [-0.05, 0) is 45.1 Å². The third-order valence-corrected chi connectivity index (χ3v) is 4.99. The fourth-order valence-corrected chi connectivity index (χ4v) is 3.87. The number of hydrogen-bond donors (Lipinski definition) is 1. The van der Waals surface area contributed by atoms with E-state index in [1.54, 1.807) is 0 Å². The summed E-state index contributed by atoms with van der Waals surface area (Å²) in [6.45, 7) is 4.19. The van der Waals surface area contributed by atoms with Crippen molar-refractivity contribution in [2.75, 3.05) is 20.3 Å². The van der Waals surface area contributed by atoms with Crippen molar-refractivity contribution in [1.29, 1.82) is 0 Å². The molecule has 2 fully saturated rings. The van der Waals surface area contributed by atoms with E-state index in [1.165, 1.54) is 57.8 Å². The fourth-order valence-electron chi connectivity index (χ4n) is 3.87. The van der Waals surface area contributed by atoms with E-state index in [2.05, 4.69) is 12.2 Å². The SMILES string of the molecule is CCNC(CCC1CCCO1)C1(OC)CCCCC1. The average Bonchev–Trinajstić information content (AvgIpc) is 2.97. The molecule has 3 nitrogen and oxygen atoms in total. The van der Waals surface area contributed by atoms with Gasteiger partial charge in [0.05, 0.1) is 11.7 Å². The highest BCUT2D eigenvalue weighted by atomic mass is 16.5. The lowest BCUT2D eigenvalue weighted by atomic mass is 9.77. The Morgan fingerprint density at radius 3 is 2.63 bits per heavy atom. The highest BCUT2D eigenvalue weighted by Gasteiger charge is 2.39. The van der Waals surface area contributed by atoms with Crippen LogP contribution in [-0.2, 0) is 9.47 Å². The van der Waals surface area contributed by atoms with Gasteiger partial charge in [-0.3, -0.25) is 0 Å². The molecule has 2 atom stereocenters. The van der Waals surface area contributed by atoms with Gasteiger partial charge in [-0.2, -0.15) is 0 Å². The van der Waals surface area contributed by atoms with Crippen molar-refractivity contribution in [1.82, 2.24) is 5.32 Å². The molecule has 2 unspecified atom stereocenters. The Hall–Kier alpha value is -0.120. The molecule has 0 radical (unpaired) electrons. The van der Waals surface area contributed by atoms with E-state index < -0.39 is 0 Å². The summed E-state index contributed by atoms with van der Waals surface area (Å²) in [4.78, 5) is 0. The van der Waals surface area contributed by atoms with Crippen molar-refractivity contribution in [3.63, 3.8) is 0 Å². The molecule has 0 spiro atoms. The van der Waals surface area contributed by atoms with E-state index >= 15 is 0 Å². The zero-order valence-corrected chi connectivity index (χ0v) is 12.7. The first-order valence-corrected chi connectivity index (χ1v) is 8.21. The third kappa shape index (κ3) is 3.93. The third-order valence-electron chi connectivity index (χ3n) is 4.99. The van der Waals surface area contributed by atoms with Crippen molar-refractivity contribution in [3.8, 4) is 0 Å². The van der Waals surface area contributed by atoms with Crippen molar-refractivity contribution >= 4 is 0 Å². The number of hydrogen-bond acceptors (Lipinski definition) is 3. The van der Waals surface area contributed by atoms with Crippen LogP contribution < -0.4 is 5.32 Å². The number of nitrogens with one attached hydrogen (secondary N) is 1. The van der Waals surface area contributed by atoms with E-state index in [0.717, 1.165) is 13.2 Å². The van der Waals surface area contributed by atoms with Gasteiger partial charge in [0.15, 0.2) is 0 Å². The molecule has 3 heteroatoms. The topological polar surface area (TPSA) is 30.5 Å². The second-order valence-electron chi connectivity index (χ2n) is 6.15. The number of rotatable bonds is 7. The summed E-state index contributed by atoms with van der Waals surface area (Å²) in [5.74, 6) is 0. The van der Waals surface area contributed by atoms with Crippen molar-refractivity contribution in [3.05, 3.63) is 0 Å². The fraction of sp³-hybridized carbons (Fsp3) is 1.00. The molecule has 0 bridgehead atoms. The molecule has 0 aromatic carbocycles. The quantitative estimate of drug-likeness (QED) is 0.769. The molecule has 1 aliphatic heterocycles. The summed E-state index contributed by atoms with van der Waals surface area (Å²) in [6.07, 6.45) is 11.8. The highest BCUT2D eigenvalue weighted by molar-refractivity contribution is 4.95. The van der Waals surface area contributed by atoms with Crippen LogP contribution in [-0.4, -0.2) is 38.0 Å². The van der Waals surface area contributed by atoms with Crippen LogP contribution in [0.3, 0.4) is 0 Å². The van der Waals surface area contributed by atoms with E-state index in [4.69, 9.17) is 9.47 Å². The first-order valence-electron chi connectivity index (χ1n) is 8.21. The van der Waals surface area contributed by atoms with Gasteiger partial charge in [-0.25, -0.2) is 0 Å². The number of ether oxygens (including phenoxy) is 2. The molecule has 1 saturated heterocycles. The van der Waals surface area contributed by atoms with Crippen LogP contribution >= 0.6 is 0 Å². The first kappa shape index (κ1) is 15.3. The summed E-state index contributed by atoms with van der Waals surface area (Å²) in [5.41, 5.74) is 0.0763. The zero-order valence-electron chi connectivity index (χ0n) is 12.7. The summed E-state index contributed by atoms with van der Waals surface area (Å²) in [6, 6.07) is 0.493. The predicted molar refractivity (Wildman–Crippen MR) is 78.5 cm³/mol. The van der Waals surface area contributed by atoms with Gasteiger partial charge in [0.2, 0.25) is 0 Å². The Labute approximate surface area is 118 Å². The van der Waals surface area contributed by atoms with Crippen LogP contribution in [0.5, 0.6) is 0 Å². The zero-order chi connectivity index (χ0) is 13.6. The Balaban J connectivity index is 1.91. The molecule has 2 rings (SSSR count). The lowest BCUT2D eigenvalue weighted by Gasteiger charge is -2.43. The molecular formula is C16H31NO2. The van der Waals surface area contributed by atoms with E-state index in [9.17, 15) is 0 Å². The monoisotopic (exact) mass is 269 g/mol. The molecule has 19 heavy (non-hydrogen) atoms. The van der Waals surface area contributed by atoms with E-state index in [1.807, 2.05) is 7.11 Å². The smallest absolute Gasteiger partial charge is 0.0830 e. The molecule has 2 aliphatic rings. The van der Waals surface area contributed by atoms with Gasteiger partial charge >= 0.3 is 0 Å². The Bertz CT molecular complexity index is 245. The molecule has 1 aliphatic carbocycles. The van der Waals surface area contributed by atoms with Gasteiger partial charge in [-0.15, -0.1) is 0 Å². The standard InChI is InChI=1S/C16H31NO2/c1-3-17-15(10-9-14-8-7-13-19-14)16(18-2)11-5-4-6-12-16/h14-15,17H,3-13H2,1-2H3. The van der Waals surface area contributed by atoms with Crippen LogP contribution in [0, 0.1) is 0 Å². The maximum Gasteiger partial charge on any atom is 0.0830 e. The van der Waals surface area contributed by atoms with Crippen LogP contribution in [0.4, 0.5) is 0 Å². The molecule has 1 heterocycles. The number of likely N-dealkylation sites (N-methyl/N-ethyl adjacent to an activating group) is 1. The normalized spacial score (nSPS) is 28.4. The van der Waals surface area contributed by atoms with Crippen LogP contribution in [0.25, 0.3) is 0 Å². The molecule has 1 N–H and O–H groups in total. The summed E-state index contributed by atoms with van der Waals surface area (Å²) in [7, 11) is 1.90. The molecule has 0 amide bonds. The Morgan fingerprint density at radius 2 is 2.05 bits per heavy atom.